The van der Waals surface area contributed by atoms with Gasteiger partial charge in [0.05, 0.1) is 6.61 Å². The second-order valence-electron chi connectivity index (χ2n) is 11.6. The monoisotopic (exact) mass is 662 g/mol. The highest BCUT2D eigenvalue weighted by Gasteiger charge is 2.15. The fourth-order valence-corrected chi connectivity index (χ4v) is 4.29. The van der Waals surface area contributed by atoms with Crippen LogP contribution in [0.3, 0.4) is 0 Å². The summed E-state index contributed by atoms with van der Waals surface area (Å²) in [6.45, 7) is 3.86. The van der Waals surface area contributed by atoms with Crippen LogP contribution in [0.2, 0.25) is 0 Å². The normalized spacial score (nSPS) is 13.5. The van der Waals surface area contributed by atoms with Crippen LogP contribution in [0.5, 0.6) is 0 Å². The molecule has 48 heavy (non-hydrogen) atoms. The molecule has 0 rings (SSSR count). The summed E-state index contributed by atoms with van der Waals surface area (Å²) in [5.74, 6) is -0.750. The highest BCUT2D eigenvalue weighted by molar-refractivity contribution is 5.70. The van der Waals surface area contributed by atoms with Crippen molar-refractivity contribution in [1.82, 2.24) is 0 Å². The van der Waals surface area contributed by atoms with Gasteiger partial charge in [0.2, 0.25) is 0 Å². The number of allylic oxidation sites excluding steroid dienone is 18. The van der Waals surface area contributed by atoms with Crippen LogP contribution in [0.1, 0.15) is 129 Å². The third-order valence-electron chi connectivity index (χ3n) is 7.06. The molecule has 0 aliphatic rings. The molecule has 0 heterocycles. The second kappa shape index (κ2) is 38.0. The van der Waals surface area contributed by atoms with E-state index in [1.54, 1.807) is 0 Å². The largest absolute Gasteiger partial charge is 0.462 e. The maximum atomic E-state index is 12.1. The van der Waals surface area contributed by atoms with E-state index in [1.165, 1.54) is 25.7 Å². The van der Waals surface area contributed by atoms with Gasteiger partial charge in [-0.05, 0) is 89.9 Å². The molecule has 0 radical (unpaired) electrons. The average molecular weight is 663 g/mol. The van der Waals surface area contributed by atoms with Crippen LogP contribution in [0, 0.1) is 0 Å². The van der Waals surface area contributed by atoms with E-state index in [0.29, 0.717) is 12.8 Å². The molecule has 0 amide bonds. The van der Waals surface area contributed by atoms with Gasteiger partial charge in [-0.2, -0.15) is 0 Å². The summed E-state index contributed by atoms with van der Waals surface area (Å²) in [7, 11) is 0. The molecular weight excluding hydrogens is 596 g/mol. The maximum Gasteiger partial charge on any atom is 0.306 e. The molecule has 5 heteroatoms. The van der Waals surface area contributed by atoms with E-state index >= 15 is 0 Å². The minimum Gasteiger partial charge on any atom is -0.462 e. The number of carbonyl (C=O) groups is 2. The number of carbonyl (C=O) groups excluding carboxylic acids is 2. The summed E-state index contributed by atoms with van der Waals surface area (Å²) in [6.07, 6.45) is 54.4. The molecule has 0 aromatic rings. The molecule has 0 unspecified atom stereocenters. The lowest BCUT2D eigenvalue weighted by Gasteiger charge is -2.15. The fourth-order valence-electron chi connectivity index (χ4n) is 4.29. The van der Waals surface area contributed by atoms with Crippen LogP contribution in [0.25, 0.3) is 0 Å². The highest BCUT2D eigenvalue weighted by Crippen LogP contribution is 2.06. The average Bonchev–Trinajstić information content (AvgIpc) is 3.09. The van der Waals surface area contributed by atoms with Crippen LogP contribution >= 0.6 is 0 Å². The number of ether oxygens (including phenoxy) is 2. The van der Waals surface area contributed by atoms with Gasteiger partial charge in [0.15, 0.2) is 6.10 Å². The third kappa shape index (κ3) is 35.4. The zero-order valence-corrected chi connectivity index (χ0v) is 30.2. The quantitative estimate of drug-likeness (QED) is 0.0454. The molecule has 5 nitrogen and oxygen atoms in total. The number of esters is 2. The Labute approximate surface area is 293 Å². The Morgan fingerprint density at radius 1 is 0.500 bits per heavy atom. The summed E-state index contributed by atoms with van der Waals surface area (Å²) < 4.78 is 10.5. The molecule has 0 aromatic carbocycles. The van der Waals surface area contributed by atoms with Crippen LogP contribution in [0.15, 0.2) is 109 Å². The van der Waals surface area contributed by atoms with Crippen molar-refractivity contribution in [1.29, 1.82) is 0 Å². The van der Waals surface area contributed by atoms with Crippen molar-refractivity contribution in [3.8, 4) is 0 Å². The minimum absolute atomic E-state index is 0.130. The Morgan fingerprint density at radius 2 is 0.917 bits per heavy atom. The molecule has 0 fully saturated rings. The van der Waals surface area contributed by atoms with Gasteiger partial charge in [-0.3, -0.25) is 9.59 Å². The fraction of sp³-hybridized carbons (Fsp3) is 0.535. The van der Waals surface area contributed by atoms with E-state index in [2.05, 4.69) is 111 Å². The van der Waals surface area contributed by atoms with Crippen molar-refractivity contribution in [3.05, 3.63) is 109 Å². The second-order valence-corrected chi connectivity index (χ2v) is 11.6. The van der Waals surface area contributed by atoms with E-state index in [1.807, 2.05) is 12.2 Å². The van der Waals surface area contributed by atoms with E-state index in [9.17, 15) is 14.7 Å². The summed E-state index contributed by atoms with van der Waals surface area (Å²) in [6, 6.07) is 0. The first-order valence-corrected chi connectivity index (χ1v) is 18.4. The number of rotatable bonds is 31. The first-order valence-electron chi connectivity index (χ1n) is 18.4. The van der Waals surface area contributed by atoms with Crippen LogP contribution in [-0.2, 0) is 19.1 Å². The van der Waals surface area contributed by atoms with Gasteiger partial charge in [0.25, 0.3) is 0 Å². The molecule has 0 saturated carbocycles. The van der Waals surface area contributed by atoms with Crippen molar-refractivity contribution in [2.24, 2.45) is 0 Å². The van der Waals surface area contributed by atoms with Crippen LogP contribution in [0.4, 0.5) is 0 Å². The van der Waals surface area contributed by atoms with Gasteiger partial charge in [-0.1, -0.05) is 136 Å². The molecule has 0 aliphatic heterocycles. The third-order valence-corrected chi connectivity index (χ3v) is 7.06. The SMILES string of the molecule is CCC=CCC=CCC=CCC=CCCCCC(=O)O[C@@H](CO)COC(=O)CCC=CCC=CCC=CCC=CCC=CCCCCC. The van der Waals surface area contributed by atoms with Gasteiger partial charge >= 0.3 is 11.9 Å². The lowest BCUT2D eigenvalue weighted by Crippen LogP contribution is -2.28. The molecule has 0 saturated heterocycles. The minimum atomic E-state index is -0.830. The predicted molar refractivity (Wildman–Crippen MR) is 205 cm³/mol. The van der Waals surface area contributed by atoms with Crippen molar-refractivity contribution < 1.29 is 24.2 Å². The molecule has 1 atom stereocenters. The molecule has 0 bridgehead atoms. The zero-order chi connectivity index (χ0) is 35.0. The van der Waals surface area contributed by atoms with Gasteiger partial charge in [-0.15, -0.1) is 0 Å². The number of unbranched alkanes of at least 4 members (excludes halogenated alkanes) is 5. The molecule has 1 N–H and O–H groups in total. The smallest absolute Gasteiger partial charge is 0.306 e. The summed E-state index contributed by atoms with van der Waals surface area (Å²) in [5.41, 5.74) is 0. The Bertz CT molecular complexity index is 1020. The predicted octanol–water partition coefficient (Wildman–Crippen LogP) is 11.5. The molecule has 268 valence electrons. The Kier molecular flexibility index (Phi) is 35.3. The van der Waals surface area contributed by atoms with E-state index in [4.69, 9.17) is 9.47 Å². The molecule has 0 aliphatic carbocycles. The Morgan fingerprint density at radius 3 is 1.35 bits per heavy atom. The van der Waals surface area contributed by atoms with Gasteiger partial charge in [0.1, 0.15) is 6.61 Å². The lowest BCUT2D eigenvalue weighted by atomic mass is 10.2. The zero-order valence-electron chi connectivity index (χ0n) is 30.2. The molecule has 0 aromatic heterocycles. The Balaban J connectivity index is 3.82. The first-order chi connectivity index (χ1) is 23.6. The maximum absolute atomic E-state index is 12.1. The number of aliphatic hydroxyl groups is 1. The molecular formula is C43H66O5. The summed E-state index contributed by atoms with van der Waals surface area (Å²) >= 11 is 0. The lowest BCUT2D eigenvalue weighted by molar-refractivity contribution is -0.161. The standard InChI is InChI=1S/C43H66O5/c1-3-5-7-9-11-13-15-17-19-20-21-22-24-25-27-29-31-33-35-37-42(45)47-40-41(39-44)48-43(46)38-36-34-32-30-28-26-23-18-16-14-12-10-8-6-4-2/h6,8,11-14,17-19,21-23,25,27-28,30-31,33,41,44H,3-5,7,9-10,15-16,20,24,26,29,32,34-40H2,1-2H3/t41-/m0/s1. The van der Waals surface area contributed by atoms with Gasteiger partial charge in [0, 0.05) is 12.8 Å². The summed E-state index contributed by atoms with van der Waals surface area (Å²) in [5, 5.41) is 9.52. The van der Waals surface area contributed by atoms with Crippen molar-refractivity contribution >= 4 is 11.9 Å². The van der Waals surface area contributed by atoms with Crippen LogP contribution < -0.4 is 0 Å². The first kappa shape index (κ1) is 44.6. The van der Waals surface area contributed by atoms with E-state index in [-0.39, 0.29) is 38.0 Å². The Hall–Kier alpha value is -3.44. The number of aliphatic hydroxyl groups excluding tert-OH is 1. The van der Waals surface area contributed by atoms with Crippen LogP contribution in [-0.4, -0.2) is 36.4 Å². The van der Waals surface area contributed by atoms with E-state index < -0.39 is 6.10 Å². The van der Waals surface area contributed by atoms with Crippen molar-refractivity contribution in [3.63, 3.8) is 0 Å². The number of hydrogen-bond acceptors (Lipinski definition) is 5. The van der Waals surface area contributed by atoms with Gasteiger partial charge < -0.3 is 14.6 Å². The topological polar surface area (TPSA) is 72.8 Å². The number of hydrogen-bond donors (Lipinski definition) is 1. The van der Waals surface area contributed by atoms with Gasteiger partial charge in [-0.25, -0.2) is 0 Å². The summed E-state index contributed by atoms with van der Waals surface area (Å²) in [4.78, 5) is 24.2. The van der Waals surface area contributed by atoms with Crippen molar-refractivity contribution in [2.75, 3.05) is 13.2 Å². The van der Waals surface area contributed by atoms with Crippen molar-refractivity contribution in [2.45, 2.75) is 136 Å². The molecule has 0 spiro atoms. The van der Waals surface area contributed by atoms with E-state index in [0.717, 1.165) is 64.2 Å². The highest BCUT2D eigenvalue weighted by atomic mass is 16.6.